The summed E-state index contributed by atoms with van der Waals surface area (Å²) in [5, 5.41) is 4.38. The molecule has 6 heteroatoms. The Bertz CT molecular complexity index is 333. The van der Waals surface area contributed by atoms with Crippen molar-refractivity contribution >= 4 is 28.4 Å². The van der Waals surface area contributed by atoms with Crippen molar-refractivity contribution in [2.75, 3.05) is 0 Å². The fraction of sp³-hybridized carbons (Fsp3) is 0.667. The molecule has 1 unspecified atom stereocenters. The number of hydrogen-bond acceptors (Lipinski definition) is 1. The lowest BCUT2D eigenvalue weighted by atomic mass is 9.85. The molecule has 0 N–H and O–H groups in total. The molecule has 1 aliphatic rings. The minimum atomic E-state index is -2.44. The summed E-state index contributed by atoms with van der Waals surface area (Å²) in [5.41, 5.74) is 0.981. The van der Waals surface area contributed by atoms with Crippen LogP contribution >= 0.6 is 28.4 Å². The monoisotopic (exact) mass is 344 g/mol. The van der Waals surface area contributed by atoms with Crippen molar-refractivity contribution in [3.05, 3.63) is 18.0 Å². The van der Waals surface area contributed by atoms with E-state index in [9.17, 15) is 8.78 Å². The van der Waals surface area contributed by atoms with Gasteiger partial charge in [-0.25, -0.2) is 13.2 Å². The van der Waals surface area contributed by atoms with Gasteiger partial charge in [-0.15, -0.1) is 0 Å². The zero-order chi connectivity index (χ0) is 10.9. The second-order valence-corrected chi connectivity index (χ2v) is 5.97. The van der Waals surface area contributed by atoms with E-state index in [1.807, 2.05) is 16.7 Å². The van der Waals surface area contributed by atoms with E-state index in [4.69, 9.17) is 0 Å². The number of nitrogens with zero attached hydrogens (tertiary/aromatic N) is 2. The summed E-state index contributed by atoms with van der Waals surface area (Å²) in [6.07, 6.45) is 3.65. The Morgan fingerprint density at radius 2 is 2.13 bits per heavy atom. The van der Waals surface area contributed by atoms with Crippen molar-refractivity contribution in [1.82, 2.24) is 9.55 Å². The molecule has 0 radical (unpaired) electrons. The minimum absolute atomic E-state index is 0.0110. The Kier molecular flexibility index (Phi) is 3.60. The summed E-state index contributed by atoms with van der Waals surface area (Å²) < 4.78 is 27.7. The van der Waals surface area contributed by atoms with Crippen molar-refractivity contribution in [3.8, 4) is 0 Å². The van der Waals surface area contributed by atoms with Gasteiger partial charge in [0.15, 0.2) is 0 Å². The normalized spacial score (nSPS) is 22.6. The molecule has 0 aliphatic heterocycles. The molecule has 0 saturated heterocycles. The molecular formula is C9H12F2IN2P. The zero-order valence-electron chi connectivity index (χ0n) is 8.09. The Morgan fingerprint density at radius 3 is 2.67 bits per heavy atom. The fourth-order valence-electron chi connectivity index (χ4n) is 1.94. The van der Waals surface area contributed by atoms with Gasteiger partial charge in [0, 0.05) is 25.0 Å². The molecule has 0 amide bonds. The molecule has 0 bridgehead atoms. The summed E-state index contributed by atoms with van der Waals surface area (Å²) in [7, 11) is 0. The molecule has 84 valence electrons. The van der Waals surface area contributed by atoms with E-state index in [2.05, 4.69) is 27.1 Å². The number of alkyl halides is 2. The molecular weight excluding hydrogens is 332 g/mol. The lowest BCUT2D eigenvalue weighted by Crippen LogP contribution is -2.23. The third-order valence-electron chi connectivity index (χ3n) is 2.83. The molecule has 1 fully saturated rings. The van der Waals surface area contributed by atoms with Crippen LogP contribution < -0.4 is 0 Å². The van der Waals surface area contributed by atoms with Crippen LogP contribution in [0.4, 0.5) is 8.78 Å². The highest BCUT2D eigenvalue weighted by Gasteiger charge is 2.35. The third-order valence-corrected chi connectivity index (χ3v) is 4.74. The first-order valence-corrected chi connectivity index (χ1v) is 8.97. The second-order valence-electron chi connectivity index (χ2n) is 3.90. The lowest BCUT2D eigenvalue weighted by Gasteiger charge is -2.26. The predicted molar refractivity (Wildman–Crippen MR) is 66.1 cm³/mol. The predicted octanol–water partition coefficient (Wildman–Crippen LogP) is 3.97. The summed E-state index contributed by atoms with van der Waals surface area (Å²) in [4.78, 5) is 0. The van der Waals surface area contributed by atoms with Gasteiger partial charge in [-0.2, -0.15) is 5.10 Å². The van der Waals surface area contributed by atoms with Gasteiger partial charge in [0.25, 0.3) is 0 Å². The smallest absolute Gasteiger partial charge is 0.245 e. The van der Waals surface area contributed by atoms with E-state index in [-0.39, 0.29) is 18.8 Å². The van der Waals surface area contributed by atoms with E-state index >= 15 is 0 Å². The lowest BCUT2D eigenvalue weighted by molar-refractivity contribution is -0.0384. The Morgan fingerprint density at radius 1 is 1.47 bits per heavy atom. The Labute approximate surface area is 102 Å². The number of hydrogen-bond donors (Lipinski definition) is 0. The van der Waals surface area contributed by atoms with Gasteiger partial charge in [0.2, 0.25) is 5.92 Å². The molecule has 1 atom stereocenters. The van der Waals surface area contributed by atoms with Crippen LogP contribution in [0.3, 0.4) is 0 Å². The number of aromatic nitrogens is 2. The number of rotatable bonds is 2. The fourth-order valence-corrected chi connectivity index (χ4v) is 3.03. The first-order valence-electron chi connectivity index (χ1n) is 4.91. The van der Waals surface area contributed by atoms with Gasteiger partial charge in [-0.1, -0.05) is 0 Å². The number of halogens is 3. The molecule has 2 rings (SSSR count). The van der Waals surface area contributed by atoms with Crippen molar-refractivity contribution in [2.24, 2.45) is 0 Å². The summed E-state index contributed by atoms with van der Waals surface area (Å²) in [6, 6.07) is 1.96. The highest BCUT2D eigenvalue weighted by molar-refractivity contribution is 14.2. The SMILES string of the molecule is FC1(F)CCC(c2ccn(PI)n2)CC1. The van der Waals surface area contributed by atoms with Crippen LogP contribution in [0, 0.1) is 0 Å². The van der Waals surface area contributed by atoms with E-state index < -0.39 is 5.92 Å². The zero-order valence-corrected chi connectivity index (χ0v) is 11.2. The van der Waals surface area contributed by atoms with E-state index in [0.29, 0.717) is 19.2 Å². The molecule has 1 aromatic rings. The van der Waals surface area contributed by atoms with Crippen LogP contribution in [0.15, 0.2) is 12.3 Å². The van der Waals surface area contributed by atoms with Crippen LogP contribution in [-0.2, 0) is 0 Å². The quantitative estimate of drug-likeness (QED) is 0.587. The van der Waals surface area contributed by atoms with Gasteiger partial charge in [-0.3, -0.25) is 0 Å². The summed E-state index contributed by atoms with van der Waals surface area (Å²) in [6.45, 7) is 0. The van der Waals surface area contributed by atoms with Crippen LogP contribution in [0.5, 0.6) is 0 Å². The minimum Gasteiger partial charge on any atom is -0.245 e. The molecule has 1 saturated carbocycles. The summed E-state index contributed by atoms with van der Waals surface area (Å²) >= 11 is 2.25. The molecule has 0 aromatic carbocycles. The standard InChI is InChI=1S/C9H12F2IN2P/c10-9(11)4-1-7(2-5-9)8-3-6-14(13-8)15-12/h3,6-7,15H,1-2,4-5H2. The molecule has 0 spiro atoms. The van der Waals surface area contributed by atoms with Crippen molar-refractivity contribution in [2.45, 2.75) is 37.5 Å². The molecule has 1 aromatic heterocycles. The molecule has 2 nitrogen and oxygen atoms in total. The highest BCUT2D eigenvalue weighted by atomic mass is 127. The third kappa shape index (κ3) is 2.87. The maximum absolute atomic E-state index is 12.9. The van der Waals surface area contributed by atoms with E-state index in [1.165, 1.54) is 0 Å². The average molecular weight is 344 g/mol. The van der Waals surface area contributed by atoms with Crippen molar-refractivity contribution in [1.29, 1.82) is 0 Å². The van der Waals surface area contributed by atoms with Gasteiger partial charge >= 0.3 is 0 Å². The van der Waals surface area contributed by atoms with Crippen molar-refractivity contribution < 1.29 is 8.78 Å². The van der Waals surface area contributed by atoms with Gasteiger partial charge < -0.3 is 0 Å². The molecule has 1 aliphatic carbocycles. The van der Waals surface area contributed by atoms with Crippen LogP contribution in [0.1, 0.15) is 37.3 Å². The maximum atomic E-state index is 12.9. The first-order chi connectivity index (χ1) is 7.11. The van der Waals surface area contributed by atoms with Gasteiger partial charge in [-0.05, 0) is 40.9 Å². The van der Waals surface area contributed by atoms with E-state index in [0.717, 1.165) is 5.69 Å². The Hall–Kier alpha value is 0.230. The summed E-state index contributed by atoms with van der Waals surface area (Å²) in [5.74, 6) is -2.21. The van der Waals surface area contributed by atoms with Crippen LogP contribution in [-0.4, -0.2) is 15.5 Å². The van der Waals surface area contributed by atoms with Crippen LogP contribution in [0.25, 0.3) is 0 Å². The van der Waals surface area contributed by atoms with Gasteiger partial charge in [0.05, 0.1) is 12.1 Å². The molecule has 1 heterocycles. The largest absolute Gasteiger partial charge is 0.248 e. The topological polar surface area (TPSA) is 17.8 Å². The Balaban J connectivity index is 2.01. The first kappa shape index (κ1) is 11.7. The van der Waals surface area contributed by atoms with Gasteiger partial charge in [0.1, 0.15) is 0 Å². The second kappa shape index (κ2) is 4.62. The average Bonchev–Trinajstić information content (AvgIpc) is 2.66. The van der Waals surface area contributed by atoms with Crippen molar-refractivity contribution in [3.63, 3.8) is 0 Å². The maximum Gasteiger partial charge on any atom is 0.248 e. The van der Waals surface area contributed by atoms with Crippen LogP contribution in [0.2, 0.25) is 0 Å². The van der Waals surface area contributed by atoms with E-state index in [1.54, 1.807) is 0 Å². The highest BCUT2D eigenvalue weighted by Crippen LogP contribution is 2.40. The molecule has 15 heavy (non-hydrogen) atoms.